The maximum absolute atomic E-state index is 13.6. The fourth-order valence-electron chi connectivity index (χ4n) is 2.69. The molecule has 0 spiro atoms. The molecule has 4 heteroatoms. The van der Waals surface area contributed by atoms with Gasteiger partial charge in [-0.2, -0.15) is 0 Å². The molecular weight excluding hydrogens is 265 g/mol. The van der Waals surface area contributed by atoms with E-state index in [9.17, 15) is 4.39 Å². The highest BCUT2D eigenvalue weighted by molar-refractivity contribution is 5.25. The fraction of sp³-hybridized carbons (Fsp3) is 0.647. The van der Waals surface area contributed by atoms with Gasteiger partial charge in [0.05, 0.1) is 0 Å². The molecule has 1 heterocycles. The number of rotatable bonds is 6. The van der Waals surface area contributed by atoms with Crippen LogP contribution in [-0.4, -0.2) is 56.1 Å². The summed E-state index contributed by atoms with van der Waals surface area (Å²) in [6.45, 7) is 10.7. The molecule has 1 saturated heterocycles. The summed E-state index contributed by atoms with van der Waals surface area (Å²) in [6, 6.07) is 5.71. The van der Waals surface area contributed by atoms with Gasteiger partial charge < -0.3 is 15.1 Å². The van der Waals surface area contributed by atoms with Crippen molar-refractivity contribution in [2.75, 3.05) is 46.3 Å². The number of likely N-dealkylation sites (N-methyl/N-ethyl adjacent to an activating group) is 1. The standard InChI is InChI=1S/C17H28FN3/c1-14-5-6-16(13-17(14)18)15(2)19-7-4-8-21-11-9-20(3)10-12-21/h5-6,13,15,19H,4,7-12H2,1-3H3. The molecule has 1 aliphatic heterocycles. The average Bonchev–Trinajstić information content (AvgIpc) is 2.48. The lowest BCUT2D eigenvalue weighted by Gasteiger charge is -2.32. The van der Waals surface area contributed by atoms with E-state index in [0.717, 1.165) is 25.1 Å². The van der Waals surface area contributed by atoms with Crippen LogP contribution in [0.5, 0.6) is 0 Å². The highest BCUT2D eigenvalue weighted by Gasteiger charge is 2.13. The first-order chi connectivity index (χ1) is 10.1. The van der Waals surface area contributed by atoms with Crippen LogP contribution in [0.2, 0.25) is 0 Å². The van der Waals surface area contributed by atoms with Crippen molar-refractivity contribution in [1.82, 2.24) is 15.1 Å². The molecule has 1 atom stereocenters. The molecule has 0 radical (unpaired) electrons. The molecule has 0 saturated carbocycles. The molecule has 118 valence electrons. The molecule has 0 aliphatic carbocycles. The van der Waals surface area contributed by atoms with Gasteiger partial charge in [0.15, 0.2) is 0 Å². The molecule has 1 fully saturated rings. The summed E-state index contributed by atoms with van der Waals surface area (Å²) in [5.41, 5.74) is 1.73. The Bertz CT molecular complexity index is 442. The number of nitrogens with one attached hydrogen (secondary N) is 1. The molecule has 1 aliphatic rings. The topological polar surface area (TPSA) is 18.5 Å². The van der Waals surface area contributed by atoms with E-state index in [2.05, 4.69) is 29.1 Å². The fourth-order valence-corrected chi connectivity index (χ4v) is 2.69. The van der Waals surface area contributed by atoms with E-state index in [-0.39, 0.29) is 11.9 Å². The van der Waals surface area contributed by atoms with E-state index in [4.69, 9.17) is 0 Å². The van der Waals surface area contributed by atoms with Crippen LogP contribution < -0.4 is 5.32 Å². The van der Waals surface area contributed by atoms with Gasteiger partial charge in [0.1, 0.15) is 5.82 Å². The largest absolute Gasteiger partial charge is 0.310 e. The van der Waals surface area contributed by atoms with Crippen LogP contribution in [0.3, 0.4) is 0 Å². The molecule has 0 amide bonds. The first kappa shape index (κ1) is 16.4. The van der Waals surface area contributed by atoms with Gasteiger partial charge in [0.25, 0.3) is 0 Å². The van der Waals surface area contributed by atoms with E-state index in [1.165, 1.54) is 26.2 Å². The monoisotopic (exact) mass is 293 g/mol. The van der Waals surface area contributed by atoms with E-state index >= 15 is 0 Å². The lowest BCUT2D eigenvalue weighted by atomic mass is 10.1. The Labute approximate surface area is 128 Å². The van der Waals surface area contributed by atoms with Gasteiger partial charge in [-0.15, -0.1) is 0 Å². The van der Waals surface area contributed by atoms with Gasteiger partial charge in [-0.1, -0.05) is 12.1 Å². The third-order valence-electron chi connectivity index (χ3n) is 4.39. The summed E-state index contributed by atoms with van der Waals surface area (Å²) < 4.78 is 13.6. The minimum Gasteiger partial charge on any atom is -0.310 e. The zero-order valence-electron chi connectivity index (χ0n) is 13.5. The number of aryl methyl sites for hydroxylation is 1. The summed E-state index contributed by atoms with van der Waals surface area (Å²) in [7, 11) is 2.18. The number of hydrogen-bond donors (Lipinski definition) is 1. The minimum absolute atomic E-state index is 0.112. The number of piperazine rings is 1. The number of hydrogen-bond acceptors (Lipinski definition) is 3. The Balaban J connectivity index is 1.67. The van der Waals surface area contributed by atoms with Crippen LogP contribution in [0.1, 0.15) is 30.5 Å². The second kappa shape index (κ2) is 7.87. The number of halogens is 1. The molecule has 1 unspecified atom stereocenters. The third kappa shape index (κ3) is 5.06. The molecule has 1 N–H and O–H groups in total. The average molecular weight is 293 g/mol. The van der Waals surface area contributed by atoms with Crippen LogP contribution in [0.25, 0.3) is 0 Å². The van der Waals surface area contributed by atoms with Gasteiger partial charge in [-0.05, 0) is 57.6 Å². The molecule has 2 rings (SSSR count). The van der Waals surface area contributed by atoms with Crippen molar-refractivity contribution >= 4 is 0 Å². The quantitative estimate of drug-likeness (QED) is 0.813. The summed E-state index contributed by atoms with van der Waals surface area (Å²) >= 11 is 0. The Morgan fingerprint density at radius 1 is 1.24 bits per heavy atom. The lowest BCUT2D eigenvalue weighted by Crippen LogP contribution is -2.45. The minimum atomic E-state index is -0.112. The normalized spacial score (nSPS) is 18.9. The van der Waals surface area contributed by atoms with Crippen LogP contribution >= 0.6 is 0 Å². The van der Waals surface area contributed by atoms with Gasteiger partial charge in [-0.25, -0.2) is 4.39 Å². The molecular formula is C17H28FN3. The van der Waals surface area contributed by atoms with Crippen LogP contribution in [-0.2, 0) is 0 Å². The second-order valence-electron chi connectivity index (χ2n) is 6.18. The highest BCUT2D eigenvalue weighted by Crippen LogP contribution is 2.16. The van der Waals surface area contributed by atoms with Gasteiger partial charge in [0.2, 0.25) is 0 Å². The molecule has 0 bridgehead atoms. The number of benzene rings is 1. The Hall–Kier alpha value is -0.970. The Morgan fingerprint density at radius 2 is 1.95 bits per heavy atom. The predicted octanol–water partition coefficient (Wildman–Crippen LogP) is 2.42. The van der Waals surface area contributed by atoms with Crippen LogP contribution in [0.15, 0.2) is 18.2 Å². The Kier molecular flexibility index (Phi) is 6.15. The van der Waals surface area contributed by atoms with Gasteiger partial charge >= 0.3 is 0 Å². The van der Waals surface area contributed by atoms with Crippen molar-refractivity contribution in [3.8, 4) is 0 Å². The van der Waals surface area contributed by atoms with Gasteiger partial charge in [-0.3, -0.25) is 0 Å². The molecule has 3 nitrogen and oxygen atoms in total. The van der Waals surface area contributed by atoms with Crippen molar-refractivity contribution in [2.45, 2.75) is 26.3 Å². The smallest absolute Gasteiger partial charge is 0.126 e. The van der Waals surface area contributed by atoms with Crippen molar-refractivity contribution in [2.24, 2.45) is 0 Å². The molecule has 1 aromatic carbocycles. The Morgan fingerprint density at radius 3 is 2.62 bits per heavy atom. The molecule has 21 heavy (non-hydrogen) atoms. The summed E-state index contributed by atoms with van der Waals surface area (Å²) in [4.78, 5) is 4.90. The van der Waals surface area contributed by atoms with E-state index in [1.54, 1.807) is 13.0 Å². The second-order valence-corrected chi connectivity index (χ2v) is 6.18. The SMILES string of the molecule is Cc1ccc(C(C)NCCCN2CCN(C)CC2)cc1F. The zero-order valence-corrected chi connectivity index (χ0v) is 13.5. The zero-order chi connectivity index (χ0) is 15.2. The van der Waals surface area contributed by atoms with Crippen molar-refractivity contribution in [1.29, 1.82) is 0 Å². The third-order valence-corrected chi connectivity index (χ3v) is 4.39. The van der Waals surface area contributed by atoms with Gasteiger partial charge in [0, 0.05) is 32.2 Å². The maximum Gasteiger partial charge on any atom is 0.126 e. The van der Waals surface area contributed by atoms with E-state index in [0.29, 0.717) is 5.56 Å². The van der Waals surface area contributed by atoms with Crippen LogP contribution in [0, 0.1) is 12.7 Å². The number of nitrogens with zero attached hydrogens (tertiary/aromatic N) is 2. The summed E-state index contributed by atoms with van der Waals surface area (Å²) in [5.74, 6) is -0.112. The predicted molar refractivity (Wildman–Crippen MR) is 86.1 cm³/mol. The maximum atomic E-state index is 13.6. The highest BCUT2D eigenvalue weighted by atomic mass is 19.1. The van der Waals surface area contributed by atoms with Crippen molar-refractivity contribution in [3.05, 3.63) is 35.1 Å². The lowest BCUT2D eigenvalue weighted by molar-refractivity contribution is 0.152. The first-order valence-corrected chi connectivity index (χ1v) is 7.96. The summed E-state index contributed by atoms with van der Waals surface area (Å²) in [5, 5.41) is 3.49. The molecule has 0 aromatic heterocycles. The van der Waals surface area contributed by atoms with E-state index in [1.807, 2.05) is 12.1 Å². The van der Waals surface area contributed by atoms with E-state index < -0.39 is 0 Å². The van der Waals surface area contributed by atoms with Crippen molar-refractivity contribution in [3.63, 3.8) is 0 Å². The van der Waals surface area contributed by atoms with Crippen LogP contribution in [0.4, 0.5) is 4.39 Å². The first-order valence-electron chi connectivity index (χ1n) is 7.96. The molecule has 1 aromatic rings. The van der Waals surface area contributed by atoms with Crippen molar-refractivity contribution < 1.29 is 4.39 Å². The summed E-state index contributed by atoms with van der Waals surface area (Å²) in [6.07, 6.45) is 1.14.